The van der Waals surface area contributed by atoms with E-state index >= 15 is 0 Å². The van der Waals surface area contributed by atoms with E-state index < -0.39 is 0 Å². The van der Waals surface area contributed by atoms with Gasteiger partial charge in [0.15, 0.2) is 0 Å². The maximum Gasteiger partial charge on any atom is 0.0521 e. The number of allylic oxidation sites excluding steroid dienone is 1. The van der Waals surface area contributed by atoms with Crippen LogP contribution in [-0.4, -0.2) is 30.6 Å². The average molecular weight is 270 g/mol. The van der Waals surface area contributed by atoms with Crippen molar-refractivity contribution in [3.63, 3.8) is 0 Å². The number of likely N-dealkylation sites (N-methyl/N-ethyl adjacent to an activating group) is 1. The Kier molecular flexibility index (Phi) is 5.02. The smallest absolute Gasteiger partial charge is 0.0521 e. The predicted octanol–water partition coefficient (Wildman–Crippen LogP) is 3.37. The minimum atomic E-state index is 0.302. The number of nitrogens with one attached hydrogen (secondary N) is 1. The molecule has 1 fully saturated rings. The molecular formula is C18H26N2. The van der Waals surface area contributed by atoms with Crippen molar-refractivity contribution in [2.75, 3.05) is 20.1 Å². The van der Waals surface area contributed by atoms with Gasteiger partial charge in [-0.25, -0.2) is 0 Å². The summed E-state index contributed by atoms with van der Waals surface area (Å²) in [6.07, 6.45) is 6.54. The van der Waals surface area contributed by atoms with E-state index in [1.807, 2.05) is 6.08 Å². The van der Waals surface area contributed by atoms with Crippen molar-refractivity contribution in [2.45, 2.75) is 31.2 Å². The molecule has 0 radical (unpaired) electrons. The fraction of sp³-hybridized carbons (Fsp3) is 0.444. The van der Waals surface area contributed by atoms with Crippen molar-refractivity contribution in [3.8, 4) is 0 Å². The van der Waals surface area contributed by atoms with E-state index in [0.29, 0.717) is 5.54 Å². The van der Waals surface area contributed by atoms with E-state index in [1.165, 1.54) is 24.1 Å². The van der Waals surface area contributed by atoms with E-state index in [2.05, 4.69) is 60.8 Å². The van der Waals surface area contributed by atoms with Gasteiger partial charge in [-0.3, -0.25) is 0 Å². The maximum atomic E-state index is 4.28. The van der Waals surface area contributed by atoms with Crippen molar-refractivity contribution < 1.29 is 0 Å². The molecule has 1 saturated carbocycles. The Morgan fingerprint density at radius 2 is 2.05 bits per heavy atom. The van der Waals surface area contributed by atoms with Crippen molar-refractivity contribution in [2.24, 2.45) is 0 Å². The molecular weight excluding hydrogens is 244 g/mol. The predicted molar refractivity (Wildman–Crippen MR) is 86.7 cm³/mol. The van der Waals surface area contributed by atoms with E-state index in [9.17, 15) is 0 Å². The number of hydrogen-bond donors (Lipinski definition) is 1. The normalized spacial score (nSPS) is 15.7. The summed E-state index contributed by atoms with van der Waals surface area (Å²) in [4.78, 5) is 2.39. The highest BCUT2D eigenvalue weighted by molar-refractivity contribution is 5.18. The quantitative estimate of drug-likeness (QED) is 0.547. The zero-order valence-electron chi connectivity index (χ0n) is 12.6. The molecule has 2 rings (SSSR count). The molecule has 20 heavy (non-hydrogen) atoms. The summed E-state index contributed by atoms with van der Waals surface area (Å²) in [7, 11) is 2.19. The molecule has 1 aromatic rings. The molecule has 108 valence electrons. The SMILES string of the molecule is C=CCNCC1(N(C)C(=C)CCc2ccccc2)CC1. The van der Waals surface area contributed by atoms with Crippen molar-refractivity contribution >= 4 is 0 Å². The molecule has 1 N–H and O–H groups in total. The Morgan fingerprint density at radius 3 is 2.65 bits per heavy atom. The Hall–Kier alpha value is -1.54. The summed E-state index contributed by atoms with van der Waals surface area (Å²) in [6, 6.07) is 10.6. The molecule has 0 aromatic heterocycles. The third-order valence-corrected chi connectivity index (χ3v) is 4.30. The van der Waals surface area contributed by atoms with E-state index in [-0.39, 0.29) is 0 Å². The van der Waals surface area contributed by atoms with Crippen LogP contribution in [0.4, 0.5) is 0 Å². The van der Waals surface area contributed by atoms with Crippen LogP contribution in [0.1, 0.15) is 24.8 Å². The topological polar surface area (TPSA) is 15.3 Å². The minimum absolute atomic E-state index is 0.302. The van der Waals surface area contributed by atoms with Gasteiger partial charge >= 0.3 is 0 Å². The Morgan fingerprint density at radius 1 is 1.35 bits per heavy atom. The first kappa shape index (κ1) is 14.9. The van der Waals surface area contributed by atoms with Crippen LogP contribution in [0.2, 0.25) is 0 Å². The molecule has 1 aliphatic carbocycles. The van der Waals surface area contributed by atoms with Crippen molar-refractivity contribution in [1.82, 2.24) is 10.2 Å². The van der Waals surface area contributed by atoms with Gasteiger partial charge in [0.2, 0.25) is 0 Å². The molecule has 0 spiro atoms. The lowest BCUT2D eigenvalue weighted by Gasteiger charge is -2.32. The van der Waals surface area contributed by atoms with E-state index in [4.69, 9.17) is 0 Å². The summed E-state index contributed by atoms with van der Waals surface area (Å²) < 4.78 is 0. The van der Waals surface area contributed by atoms with Gasteiger partial charge in [-0.05, 0) is 31.2 Å². The molecule has 1 aromatic carbocycles. The Labute approximate surface area is 123 Å². The van der Waals surface area contributed by atoms with E-state index in [0.717, 1.165) is 25.9 Å². The van der Waals surface area contributed by atoms with Gasteiger partial charge in [0, 0.05) is 25.8 Å². The molecule has 0 heterocycles. The number of nitrogens with zero attached hydrogens (tertiary/aromatic N) is 1. The number of aryl methyl sites for hydroxylation is 1. The first-order valence-electron chi connectivity index (χ1n) is 7.45. The van der Waals surface area contributed by atoms with Crippen LogP contribution in [0, 0.1) is 0 Å². The third kappa shape index (κ3) is 3.73. The molecule has 0 unspecified atom stereocenters. The first-order chi connectivity index (χ1) is 9.68. The zero-order valence-corrected chi connectivity index (χ0v) is 12.6. The summed E-state index contributed by atoms with van der Waals surface area (Å²) in [6.45, 7) is 9.94. The highest BCUT2D eigenvalue weighted by atomic mass is 15.2. The number of rotatable bonds is 9. The van der Waals surface area contributed by atoms with Gasteiger partial charge in [0.25, 0.3) is 0 Å². The Bertz CT molecular complexity index is 446. The van der Waals surface area contributed by atoms with E-state index in [1.54, 1.807) is 0 Å². The fourth-order valence-corrected chi connectivity index (χ4v) is 2.62. The molecule has 1 aliphatic rings. The van der Waals surface area contributed by atoms with Crippen molar-refractivity contribution in [3.05, 3.63) is 60.8 Å². The second kappa shape index (κ2) is 6.76. The van der Waals surface area contributed by atoms with Crippen LogP contribution < -0.4 is 5.32 Å². The number of hydrogen-bond acceptors (Lipinski definition) is 2. The fourth-order valence-electron chi connectivity index (χ4n) is 2.62. The molecule has 0 atom stereocenters. The van der Waals surface area contributed by atoms with Gasteiger partial charge < -0.3 is 10.2 Å². The van der Waals surface area contributed by atoms with Crippen LogP contribution in [0.15, 0.2) is 55.3 Å². The largest absolute Gasteiger partial charge is 0.371 e. The first-order valence-corrected chi connectivity index (χ1v) is 7.45. The molecule has 0 bridgehead atoms. The van der Waals surface area contributed by atoms with Crippen LogP contribution in [0.3, 0.4) is 0 Å². The minimum Gasteiger partial charge on any atom is -0.371 e. The van der Waals surface area contributed by atoms with Crippen molar-refractivity contribution in [1.29, 1.82) is 0 Å². The molecule has 0 amide bonds. The molecule has 2 heteroatoms. The van der Waals surface area contributed by atoms with Gasteiger partial charge in [0.05, 0.1) is 5.54 Å². The molecule has 0 saturated heterocycles. The summed E-state index contributed by atoms with van der Waals surface area (Å²) in [5, 5.41) is 3.45. The van der Waals surface area contributed by atoms with Gasteiger partial charge in [0.1, 0.15) is 0 Å². The highest BCUT2D eigenvalue weighted by Gasteiger charge is 2.46. The second-order valence-electron chi connectivity index (χ2n) is 5.75. The molecule has 2 nitrogen and oxygen atoms in total. The zero-order chi connectivity index (χ0) is 14.4. The van der Waals surface area contributed by atoms with Crippen LogP contribution in [0.5, 0.6) is 0 Å². The Balaban J connectivity index is 1.81. The monoisotopic (exact) mass is 270 g/mol. The summed E-state index contributed by atoms with van der Waals surface area (Å²) in [5.41, 5.74) is 2.93. The van der Waals surface area contributed by atoms with Crippen LogP contribution >= 0.6 is 0 Å². The summed E-state index contributed by atoms with van der Waals surface area (Å²) in [5.74, 6) is 0. The lowest BCUT2D eigenvalue weighted by molar-refractivity contribution is 0.266. The average Bonchev–Trinajstić information content (AvgIpc) is 3.26. The second-order valence-corrected chi connectivity index (χ2v) is 5.75. The lowest BCUT2D eigenvalue weighted by atomic mass is 10.1. The van der Waals surface area contributed by atoms with Crippen LogP contribution in [0.25, 0.3) is 0 Å². The lowest BCUT2D eigenvalue weighted by Crippen LogP contribution is -2.41. The van der Waals surface area contributed by atoms with Gasteiger partial charge in [-0.15, -0.1) is 6.58 Å². The molecule has 0 aliphatic heterocycles. The van der Waals surface area contributed by atoms with Gasteiger partial charge in [-0.2, -0.15) is 0 Å². The maximum absolute atomic E-state index is 4.28. The van der Waals surface area contributed by atoms with Gasteiger partial charge in [-0.1, -0.05) is 43.0 Å². The number of benzene rings is 1. The standard InChI is InChI=1S/C18H26N2/c1-4-14-19-15-18(12-13-18)20(3)16(2)10-11-17-8-6-5-7-9-17/h4-9,19H,1-2,10-15H2,3H3. The highest BCUT2D eigenvalue weighted by Crippen LogP contribution is 2.42. The third-order valence-electron chi connectivity index (χ3n) is 4.30. The van der Waals surface area contributed by atoms with Crippen LogP contribution in [-0.2, 0) is 6.42 Å². The summed E-state index contributed by atoms with van der Waals surface area (Å²) >= 11 is 0.